The monoisotopic (exact) mass is 335 g/mol. The third kappa shape index (κ3) is 3.10. The third-order valence-corrected chi connectivity index (χ3v) is 5.13. The van der Waals surface area contributed by atoms with E-state index in [4.69, 9.17) is 23.2 Å². The van der Waals surface area contributed by atoms with Crippen LogP contribution in [0.1, 0.15) is 33.1 Å². The molecule has 1 saturated carbocycles. The molecule has 1 unspecified atom stereocenters. The van der Waals surface area contributed by atoms with E-state index in [2.05, 4.69) is 35.1 Å². The van der Waals surface area contributed by atoms with E-state index in [0.29, 0.717) is 21.5 Å². The molecule has 2 rings (SSSR count). The molecular formula is C13H16BrCl2N. The molecule has 0 aliphatic heterocycles. The van der Waals surface area contributed by atoms with E-state index in [0.717, 1.165) is 10.2 Å². The summed E-state index contributed by atoms with van der Waals surface area (Å²) in [7, 11) is 0. The highest BCUT2D eigenvalue weighted by atomic mass is 79.9. The molecule has 0 spiro atoms. The van der Waals surface area contributed by atoms with Crippen LogP contribution in [0.15, 0.2) is 16.6 Å². The van der Waals surface area contributed by atoms with Crippen LogP contribution in [0, 0.1) is 5.41 Å². The van der Waals surface area contributed by atoms with Gasteiger partial charge in [-0.2, -0.15) is 0 Å². The van der Waals surface area contributed by atoms with Crippen molar-refractivity contribution in [3.63, 3.8) is 0 Å². The number of nitrogens with one attached hydrogen (secondary N) is 1. The van der Waals surface area contributed by atoms with Gasteiger partial charge in [-0.15, -0.1) is 0 Å². The molecule has 17 heavy (non-hydrogen) atoms. The molecular weight excluding hydrogens is 321 g/mol. The predicted octanol–water partition coefficient (Wildman–Crippen LogP) is 5.75. The summed E-state index contributed by atoms with van der Waals surface area (Å²) >= 11 is 15.7. The van der Waals surface area contributed by atoms with E-state index in [-0.39, 0.29) is 0 Å². The van der Waals surface area contributed by atoms with Gasteiger partial charge in [0.15, 0.2) is 0 Å². The molecule has 1 N–H and O–H groups in total. The standard InChI is InChI=1S/C13H16BrCl2N/c1-13(2)6-5-8(7-13)17-10-4-3-9(14)11(15)12(10)16/h3-4,8,17H,5-7H2,1-2H3. The molecule has 0 radical (unpaired) electrons. The highest BCUT2D eigenvalue weighted by Crippen LogP contribution is 2.41. The zero-order valence-corrected chi connectivity index (χ0v) is 13.1. The Morgan fingerprint density at radius 3 is 2.59 bits per heavy atom. The maximum absolute atomic E-state index is 6.22. The summed E-state index contributed by atoms with van der Waals surface area (Å²) in [6.45, 7) is 4.62. The molecule has 0 heterocycles. The molecule has 1 aromatic rings. The van der Waals surface area contributed by atoms with Gasteiger partial charge in [0.2, 0.25) is 0 Å². The zero-order valence-electron chi connectivity index (χ0n) is 9.99. The molecule has 1 atom stereocenters. The van der Waals surface area contributed by atoms with Crippen LogP contribution in [0.25, 0.3) is 0 Å². The normalized spacial score (nSPS) is 22.8. The number of rotatable bonds is 2. The van der Waals surface area contributed by atoms with Crippen molar-refractivity contribution in [1.29, 1.82) is 0 Å². The minimum absolute atomic E-state index is 0.434. The SMILES string of the molecule is CC1(C)CCC(Nc2ccc(Br)c(Cl)c2Cl)C1. The van der Waals surface area contributed by atoms with Gasteiger partial charge in [-0.05, 0) is 52.7 Å². The third-order valence-electron chi connectivity index (χ3n) is 3.36. The second kappa shape index (κ2) is 4.99. The lowest BCUT2D eigenvalue weighted by Gasteiger charge is -2.19. The predicted molar refractivity (Wildman–Crippen MR) is 79.2 cm³/mol. The maximum atomic E-state index is 6.22. The molecule has 1 fully saturated rings. The fourth-order valence-corrected chi connectivity index (χ4v) is 3.25. The lowest BCUT2D eigenvalue weighted by Crippen LogP contribution is -2.17. The Bertz CT molecular complexity index is 432. The molecule has 1 nitrogen and oxygen atoms in total. The molecule has 0 aromatic heterocycles. The number of hydrogen-bond donors (Lipinski definition) is 1. The van der Waals surface area contributed by atoms with Gasteiger partial charge in [0.1, 0.15) is 0 Å². The van der Waals surface area contributed by atoms with E-state index in [1.54, 1.807) is 0 Å². The van der Waals surface area contributed by atoms with E-state index < -0.39 is 0 Å². The van der Waals surface area contributed by atoms with E-state index in [1.807, 2.05) is 12.1 Å². The maximum Gasteiger partial charge on any atom is 0.0835 e. The van der Waals surface area contributed by atoms with Gasteiger partial charge in [-0.1, -0.05) is 37.0 Å². The Labute approximate surface area is 121 Å². The van der Waals surface area contributed by atoms with Crippen LogP contribution < -0.4 is 5.32 Å². The van der Waals surface area contributed by atoms with Crippen LogP contribution in [-0.4, -0.2) is 6.04 Å². The summed E-state index contributed by atoms with van der Waals surface area (Å²) in [5.74, 6) is 0. The van der Waals surface area contributed by atoms with Gasteiger partial charge in [-0.25, -0.2) is 0 Å². The lowest BCUT2D eigenvalue weighted by molar-refractivity contribution is 0.378. The first-order valence-electron chi connectivity index (χ1n) is 5.79. The van der Waals surface area contributed by atoms with Crippen molar-refractivity contribution < 1.29 is 0 Å². The van der Waals surface area contributed by atoms with Crippen molar-refractivity contribution in [2.45, 2.75) is 39.2 Å². The van der Waals surface area contributed by atoms with Crippen molar-refractivity contribution in [3.8, 4) is 0 Å². The molecule has 0 amide bonds. The molecule has 4 heteroatoms. The first kappa shape index (κ1) is 13.5. The smallest absolute Gasteiger partial charge is 0.0835 e. The Morgan fingerprint density at radius 2 is 2.00 bits per heavy atom. The van der Waals surface area contributed by atoms with Gasteiger partial charge < -0.3 is 5.32 Å². The van der Waals surface area contributed by atoms with E-state index >= 15 is 0 Å². The van der Waals surface area contributed by atoms with Gasteiger partial charge in [0.05, 0.1) is 15.7 Å². The molecule has 1 aromatic carbocycles. The second-order valence-electron chi connectivity index (χ2n) is 5.47. The quantitative estimate of drug-likeness (QED) is 0.678. The van der Waals surface area contributed by atoms with Crippen molar-refractivity contribution in [1.82, 2.24) is 0 Å². The summed E-state index contributed by atoms with van der Waals surface area (Å²) in [6.07, 6.45) is 3.63. The van der Waals surface area contributed by atoms with Crippen molar-refractivity contribution in [2.75, 3.05) is 5.32 Å². The molecule has 94 valence electrons. The average Bonchev–Trinajstić information content (AvgIpc) is 2.59. The molecule has 1 aliphatic carbocycles. The Kier molecular flexibility index (Phi) is 3.96. The summed E-state index contributed by atoms with van der Waals surface area (Å²) in [4.78, 5) is 0. The largest absolute Gasteiger partial charge is 0.381 e. The van der Waals surface area contributed by atoms with Crippen LogP contribution in [0.5, 0.6) is 0 Å². The minimum atomic E-state index is 0.434. The number of benzene rings is 1. The highest BCUT2D eigenvalue weighted by Gasteiger charge is 2.31. The average molecular weight is 337 g/mol. The van der Waals surface area contributed by atoms with Crippen LogP contribution in [-0.2, 0) is 0 Å². The molecule has 0 bridgehead atoms. The number of anilines is 1. The van der Waals surface area contributed by atoms with Gasteiger partial charge in [0, 0.05) is 10.5 Å². The van der Waals surface area contributed by atoms with Gasteiger partial charge in [-0.3, -0.25) is 0 Å². The van der Waals surface area contributed by atoms with E-state index in [1.165, 1.54) is 19.3 Å². The Morgan fingerprint density at radius 1 is 1.29 bits per heavy atom. The fraction of sp³-hybridized carbons (Fsp3) is 0.538. The van der Waals surface area contributed by atoms with E-state index in [9.17, 15) is 0 Å². The van der Waals surface area contributed by atoms with Crippen LogP contribution in [0.3, 0.4) is 0 Å². The van der Waals surface area contributed by atoms with Crippen molar-refractivity contribution in [2.24, 2.45) is 5.41 Å². The lowest BCUT2D eigenvalue weighted by atomic mass is 9.92. The van der Waals surface area contributed by atoms with Gasteiger partial charge in [0.25, 0.3) is 0 Å². The van der Waals surface area contributed by atoms with Crippen molar-refractivity contribution in [3.05, 3.63) is 26.7 Å². The topological polar surface area (TPSA) is 12.0 Å². The first-order chi connectivity index (χ1) is 7.89. The van der Waals surface area contributed by atoms with Gasteiger partial charge >= 0.3 is 0 Å². The Hall–Kier alpha value is 0.0800. The summed E-state index contributed by atoms with van der Waals surface area (Å²) in [5.41, 5.74) is 1.37. The zero-order chi connectivity index (χ0) is 12.6. The first-order valence-corrected chi connectivity index (χ1v) is 7.34. The van der Waals surface area contributed by atoms with Crippen LogP contribution in [0.2, 0.25) is 10.0 Å². The molecule has 0 saturated heterocycles. The fourth-order valence-electron chi connectivity index (χ4n) is 2.42. The summed E-state index contributed by atoms with van der Waals surface area (Å²) < 4.78 is 0.835. The summed E-state index contributed by atoms with van der Waals surface area (Å²) in [6, 6.07) is 4.40. The highest BCUT2D eigenvalue weighted by molar-refractivity contribution is 9.10. The Balaban J connectivity index is 2.13. The second-order valence-corrected chi connectivity index (χ2v) is 7.08. The van der Waals surface area contributed by atoms with Crippen LogP contribution in [0.4, 0.5) is 5.69 Å². The summed E-state index contributed by atoms with van der Waals surface area (Å²) in [5, 5.41) is 4.68. The van der Waals surface area contributed by atoms with Crippen molar-refractivity contribution >= 4 is 44.8 Å². The number of halogens is 3. The molecule has 1 aliphatic rings. The number of hydrogen-bond acceptors (Lipinski definition) is 1. The van der Waals surface area contributed by atoms with Crippen LogP contribution >= 0.6 is 39.1 Å². The minimum Gasteiger partial charge on any atom is -0.381 e.